The lowest BCUT2D eigenvalue weighted by molar-refractivity contribution is 0.0602. The van der Waals surface area contributed by atoms with E-state index in [2.05, 4.69) is 19.7 Å². The van der Waals surface area contributed by atoms with E-state index in [4.69, 9.17) is 5.73 Å². The fourth-order valence-electron chi connectivity index (χ4n) is 1.46. The van der Waals surface area contributed by atoms with E-state index in [0.717, 1.165) is 11.3 Å². The molecular formula is C10H12N4O4S2. The molecule has 2 aromatic heterocycles. The second-order valence-corrected chi connectivity index (χ2v) is 6.39. The summed E-state index contributed by atoms with van der Waals surface area (Å²) in [7, 11) is -2.64. The van der Waals surface area contributed by atoms with E-state index in [9.17, 15) is 13.2 Å². The number of ether oxygens (including phenoxy) is 1. The molecule has 0 atom stereocenters. The number of H-pyrrole nitrogens is 1. The first kappa shape index (κ1) is 14.5. The Labute approximate surface area is 119 Å². The number of carbonyl (C=O) groups is 1. The fourth-order valence-corrected chi connectivity index (χ4v) is 3.80. The Morgan fingerprint density at radius 2 is 2.35 bits per heavy atom. The second kappa shape index (κ2) is 5.61. The largest absolute Gasteiger partial charge is 0.465 e. The molecule has 2 rings (SSSR count). The number of nitrogens with two attached hydrogens (primary N) is 1. The summed E-state index contributed by atoms with van der Waals surface area (Å²) in [4.78, 5) is 11.4. The van der Waals surface area contributed by atoms with Crippen molar-refractivity contribution in [3.8, 4) is 0 Å². The molecule has 0 aliphatic rings. The molecule has 0 amide bonds. The molecule has 0 fully saturated rings. The lowest BCUT2D eigenvalue weighted by Gasteiger charge is -2.06. The maximum absolute atomic E-state index is 12.2. The van der Waals surface area contributed by atoms with Crippen LogP contribution in [0.5, 0.6) is 0 Å². The summed E-state index contributed by atoms with van der Waals surface area (Å²) >= 11 is 0.999. The molecule has 0 aliphatic carbocycles. The minimum atomic E-state index is -3.83. The molecule has 0 radical (unpaired) electrons. The highest BCUT2D eigenvalue weighted by Gasteiger charge is 2.24. The molecule has 0 saturated heterocycles. The standard InChI is InChI=1S/C10H12N4O4S2/c1-18-10(15)8-7(2-3-19-8)20(16,17)13-5-6-4-12-14-9(6)11/h2-4,13H,5H2,1H3,(H3,11,12,14). The summed E-state index contributed by atoms with van der Waals surface area (Å²) in [5, 5.41) is 7.69. The topological polar surface area (TPSA) is 127 Å². The van der Waals surface area contributed by atoms with Crippen LogP contribution in [0.1, 0.15) is 15.2 Å². The van der Waals surface area contributed by atoms with Gasteiger partial charge >= 0.3 is 5.97 Å². The van der Waals surface area contributed by atoms with Crippen LogP contribution in [-0.2, 0) is 21.3 Å². The van der Waals surface area contributed by atoms with Crippen LogP contribution in [0.3, 0.4) is 0 Å². The molecule has 8 nitrogen and oxygen atoms in total. The fraction of sp³-hybridized carbons (Fsp3) is 0.200. The van der Waals surface area contributed by atoms with Gasteiger partial charge in [-0.3, -0.25) is 5.10 Å². The van der Waals surface area contributed by atoms with Crippen LogP contribution in [0.15, 0.2) is 22.5 Å². The van der Waals surface area contributed by atoms with E-state index >= 15 is 0 Å². The van der Waals surface area contributed by atoms with Crippen LogP contribution in [0.4, 0.5) is 5.82 Å². The third kappa shape index (κ3) is 2.81. The predicted octanol–water partition coefficient (Wildman–Crippen LogP) is 0.319. The van der Waals surface area contributed by atoms with Crippen molar-refractivity contribution in [2.75, 3.05) is 12.8 Å². The Bertz CT molecular complexity index is 719. The number of aromatic amines is 1. The molecule has 2 aromatic rings. The molecule has 0 bridgehead atoms. The Morgan fingerprint density at radius 3 is 2.95 bits per heavy atom. The van der Waals surface area contributed by atoms with Gasteiger partial charge in [-0.1, -0.05) is 0 Å². The highest BCUT2D eigenvalue weighted by Crippen LogP contribution is 2.23. The minimum absolute atomic E-state index is 0.0267. The number of hydrogen-bond donors (Lipinski definition) is 3. The van der Waals surface area contributed by atoms with Gasteiger partial charge in [0.25, 0.3) is 0 Å². The van der Waals surface area contributed by atoms with Gasteiger partial charge in [0.05, 0.1) is 13.3 Å². The second-order valence-electron chi connectivity index (χ2n) is 3.74. The first-order chi connectivity index (χ1) is 9.45. The van der Waals surface area contributed by atoms with Crippen molar-refractivity contribution in [3.05, 3.63) is 28.1 Å². The summed E-state index contributed by atoms with van der Waals surface area (Å²) in [6, 6.07) is 1.35. The summed E-state index contributed by atoms with van der Waals surface area (Å²) in [6.07, 6.45) is 1.42. The number of sulfonamides is 1. The van der Waals surface area contributed by atoms with Gasteiger partial charge in [-0.05, 0) is 11.4 Å². The summed E-state index contributed by atoms with van der Waals surface area (Å²) in [5.41, 5.74) is 6.08. The molecule has 4 N–H and O–H groups in total. The zero-order valence-corrected chi connectivity index (χ0v) is 12.0. The summed E-state index contributed by atoms with van der Waals surface area (Å²) in [5.74, 6) is -0.408. The van der Waals surface area contributed by atoms with Crippen molar-refractivity contribution in [2.45, 2.75) is 11.4 Å². The van der Waals surface area contributed by atoms with Crippen LogP contribution in [0.25, 0.3) is 0 Å². The van der Waals surface area contributed by atoms with Crippen LogP contribution < -0.4 is 10.5 Å². The van der Waals surface area contributed by atoms with Gasteiger partial charge in [0.1, 0.15) is 15.6 Å². The van der Waals surface area contributed by atoms with Gasteiger partial charge in [0.15, 0.2) is 0 Å². The molecule has 2 heterocycles. The normalized spacial score (nSPS) is 11.4. The van der Waals surface area contributed by atoms with E-state index in [1.54, 1.807) is 0 Å². The number of thiophene rings is 1. The number of aromatic nitrogens is 2. The maximum Gasteiger partial charge on any atom is 0.349 e. The van der Waals surface area contributed by atoms with E-state index in [1.807, 2.05) is 0 Å². The van der Waals surface area contributed by atoms with Crippen molar-refractivity contribution in [3.63, 3.8) is 0 Å². The van der Waals surface area contributed by atoms with Crippen LogP contribution in [0.2, 0.25) is 0 Å². The van der Waals surface area contributed by atoms with Crippen molar-refractivity contribution in [1.29, 1.82) is 0 Å². The number of rotatable bonds is 5. The lowest BCUT2D eigenvalue weighted by Crippen LogP contribution is -2.24. The van der Waals surface area contributed by atoms with Gasteiger partial charge in [0.2, 0.25) is 10.0 Å². The van der Waals surface area contributed by atoms with Crippen molar-refractivity contribution < 1.29 is 17.9 Å². The van der Waals surface area contributed by atoms with Crippen LogP contribution in [-0.4, -0.2) is 31.7 Å². The number of methoxy groups -OCH3 is 1. The van der Waals surface area contributed by atoms with Crippen LogP contribution in [0, 0.1) is 0 Å². The molecule has 0 aliphatic heterocycles. The van der Waals surface area contributed by atoms with Gasteiger partial charge in [-0.2, -0.15) is 5.10 Å². The Kier molecular flexibility index (Phi) is 4.06. The van der Waals surface area contributed by atoms with E-state index in [-0.39, 0.29) is 22.1 Å². The van der Waals surface area contributed by atoms with E-state index < -0.39 is 16.0 Å². The highest BCUT2D eigenvalue weighted by atomic mass is 32.2. The lowest BCUT2D eigenvalue weighted by atomic mass is 10.3. The number of hydrogen-bond acceptors (Lipinski definition) is 7. The number of esters is 1. The Morgan fingerprint density at radius 1 is 1.60 bits per heavy atom. The number of nitrogens with one attached hydrogen (secondary N) is 2. The van der Waals surface area contributed by atoms with Gasteiger partial charge in [-0.15, -0.1) is 11.3 Å². The summed E-state index contributed by atoms with van der Waals surface area (Å²) < 4.78 is 31.2. The van der Waals surface area contributed by atoms with Crippen molar-refractivity contribution >= 4 is 33.1 Å². The van der Waals surface area contributed by atoms with Crippen LogP contribution >= 0.6 is 11.3 Å². The molecular weight excluding hydrogens is 304 g/mol. The first-order valence-corrected chi connectivity index (χ1v) is 7.75. The quantitative estimate of drug-likeness (QED) is 0.682. The number of carbonyl (C=O) groups excluding carboxylic acids is 1. The summed E-state index contributed by atoms with van der Waals surface area (Å²) in [6.45, 7) is -0.0267. The predicted molar refractivity (Wildman–Crippen MR) is 72.7 cm³/mol. The molecule has 0 saturated carbocycles. The highest BCUT2D eigenvalue weighted by molar-refractivity contribution is 7.89. The van der Waals surface area contributed by atoms with Gasteiger partial charge < -0.3 is 10.5 Å². The Hall–Kier alpha value is -1.91. The smallest absolute Gasteiger partial charge is 0.349 e. The van der Waals surface area contributed by atoms with Crippen molar-refractivity contribution in [1.82, 2.24) is 14.9 Å². The maximum atomic E-state index is 12.2. The van der Waals surface area contributed by atoms with Gasteiger partial charge in [-0.25, -0.2) is 17.9 Å². The molecule has 0 unspecified atom stereocenters. The number of nitrogen functional groups attached to an aromatic ring is 1. The number of nitrogens with zero attached hydrogens (tertiary/aromatic N) is 1. The third-order valence-electron chi connectivity index (χ3n) is 2.49. The zero-order chi connectivity index (χ0) is 14.8. The third-order valence-corrected chi connectivity index (χ3v) is 4.96. The molecule has 10 heteroatoms. The SMILES string of the molecule is COC(=O)c1sccc1S(=O)(=O)NCc1cn[nH]c1N. The van der Waals surface area contributed by atoms with Crippen molar-refractivity contribution in [2.24, 2.45) is 0 Å². The molecule has 0 spiro atoms. The zero-order valence-electron chi connectivity index (χ0n) is 10.4. The average molecular weight is 316 g/mol. The Balaban J connectivity index is 2.21. The van der Waals surface area contributed by atoms with E-state index in [1.165, 1.54) is 24.8 Å². The van der Waals surface area contributed by atoms with Gasteiger partial charge in [0, 0.05) is 12.1 Å². The molecule has 108 valence electrons. The monoisotopic (exact) mass is 316 g/mol. The molecule has 20 heavy (non-hydrogen) atoms. The minimum Gasteiger partial charge on any atom is -0.465 e. The average Bonchev–Trinajstić information content (AvgIpc) is 3.04. The first-order valence-electron chi connectivity index (χ1n) is 5.39. The van der Waals surface area contributed by atoms with E-state index in [0.29, 0.717) is 5.56 Å². The molecule has 0 aromatic carbocycles. The number of anilines is 1.